The molecule has 9 nitrogen and oxygen atoms in total. The van der Waals surface area contributed by atoms with Crippen molar-refractivity contribution in [2.75, 3.05) is 52.9 Å². The summed E-state index contributed by atoms with van der Waals surface area (Å²) in [6, 6.07) is 4.48. The molecule has 1 saturated heterocycles. The standard InChI is InChI=1S/C21H29N5O4/c1-24-10-12-25(13-11-24)14-15-30-19-7-5-17(16-18(19)6-8-20(22)27)4-2-3-9-26(29)21(23)28/h5-8,16,29H,3,9-15H2,1H3,(H2,22,27)(H2,23,28). The fraction of sp³-hybridized carbons (Fsp3) is 0.429. The molecule has 1 aliphatic heterocycles. The fourth-order valence-corrected chi connectivity index (χ4v) is 2.85. The van der Waals surface area contributed by atoms with Gasteiger partial charge in [-0.15, -0.1) is 0 Å². The maximum atomic E-state index is 11.1. The van der Waals surface area contributed by atoms with Gasteiger partial charge in [0, 0.05) is 56.3 Å². The van der Waals surface area contributed by atoms with Crippen LogP contribution in [0.3, 0.4) is 0 Å². The third kappa shape index (κ3) is 8.13. The summed E-state index contributed by atoms with van der Waals surface area (Å²) < 4.78 is 5.94. The zero-order valence-corrected chi connectivity index (χ0v) is 17.2. The molecule has 0 aromatic heterocycles. The number of carbonyl (C=O) groups excluding carboxylic acids is 2. The van der Waals surface area contributed by atoms with E-state index in [9.17, 15) is 14.8 Å². The molecular formula is C21H29N5O4. The Kier molecular flexibility index (Phi) is 9.15. The molecule has 0 unspecified atom stereocenters. The molecule has 0 saturated carbocycles. The Morgan fingerprint density at radius 1 is 1.27 bits per heavy atom. The van der Waals surface area contributed by atoms with Gasteiger partial charge in [0.15, 0.2) is 0 Å². The SMILES string of the molecule is CN1CCN(CCOc2ccc(C#CCCN(O)C(N)=O)cc2C=CC(N)=O)CC1. The van der Waals surface area contributed by atoms with Gasteiger partial charge in [0.25, 0.3) is 0 Å². The molecule has 1 aromatic rings. The molecule has 0 atom stereocenters. The average molecular weight is 415 g/mol. The number of likely N-dealkylation sites (N-methyl/N-ethyl adjacent to an activating group) is 1. The summed E-state index contributed by atoms with van der Waals surface area (Å²) in [7, 11) is 2.12. The molecule has 2 rings (SSSR count). The number of hydrogen-bond acceptors (Lipinski definition) is 6. The third-order valence-electron chi connectivity index (χ3n) is 4.63. The number of nitrogens with zero attached hydrogens (tertiary/aromatic N) is 3. The molecule has 30 heavy (non-hydrogen) atoms. The molecule has 1 aromatic carbocycles. The molecule has 9 heteroatoms. The molecular weight excluding hydrogens is 386 g/mol. The summed E-state index contributed by atoms with van der Waals surface area (Å²) in [5.74, 6) is 5.90. The van der Waals surface area contributed by atoms with Crippen LogP contribution < -0.4 is 16.2 Å². The van der Waals surface area contributed by atoms with Gasteiger partial charge >= 0.3 is 6.03 Å². The van der Waals surface area contributed by atoms with Crippen LogP contribution in [-0.4, -0.2) is 84.9 Å². The smallest absolute Gasteiger partial charge is 0.338 e. The number of piperazine rings is 1. The monoisotopic (exact) mass is 415 g/mol. The van der Waals surface area contributed by atoms with Gasteiger partial charge in [-0.3, -0.25) is 14.9 Å². The minimum absolute atomic E-state index is 0.0181. The third-order valence-corrected chi connectivity index (χ3v) is 4.63. The Hall–Kier alpha value is -3.06. The number of carbonyl (C=O) groups is 2. The van der Waals surface area contributed by atoms with Crippen LogP contribution in [0, 0.1) is 11.8 Å². The zero-order chi connectivity index (χ0) is 21.9. The Morgan fingerprint density at radius 3 is 2.67 bits per heavy atom. The topological polar surface area (TPSA) is 125 Å². The number of benzene rings is 1. The van der Waals surface area contributed by atoms with Crippen molar-refractivity contribution in [1.29, 1.82) is 0 Å². The fourth-order valence-electron chi connectivity index (χ4n) is 2.85. The predicted octanol–water partition coefficient (Wildman–Crippen LogP) is 0.323. The lowest BCUT2D eigenvalue weighted by molar-refractivity contribution is -0.113. The number of primary amides is 2. The average Bonchev–Trinajstić information content (AvgIpc) is 2.71. The first-order chi connectivity index (χ1) is 14.3. The van der Waals surface area contributed by atoms with Crippen molar-refractivity contribution in [3.8, 4) is 17.6 Å². The van der Waals surface area contributed by atoms with E-state index >= 15 is 0 Å². The van der Waals surface area contributed by atoms with Crippen molar-refractivity contribution >= 4 is 18.0 Å². The summed E-state index contributed by atoms with van der Waals surface area (Å²) >= 11 is 0. The maximum absolute atomic E-state index is 11.1. The van der Waals surface area contributed by atoms with Crippen LogP contribution in [0.1, 0.15) is 17.5 Å². The molecule has 162 valence electrons. The van der Waals surface area contributed by atoms with Crippen molar-refractivity contribution in [2.45, 2.75) is 6.42 Å². The van der Waals surface area contributed by atoms with Crippen LogP contribution in [0.5, 0.6) is 5.75 Å². The van der Waals surface area contributed by atoms with E-state index in [4.69, 9.17) is 16.2 Å². The number of nitrogens with two attached hydrogens (primary N) is 2. The molecule has 0 radical (unpaired) electrons. The maximum Gasteiger partial charge on any atom is 0.338 e. The van der Waals surface area contributed by atoms with E-state index < -0.39 is 11.9 Å². The Bertz CT molecular complexity index is 822. The first-order valence-corrected chi connectivity index (χ1v) is 9.75. The summed E-state index contributed by atoms with van der Waals surface area (Å²) in [4.78, 5) is 26.6. The predicted molar refractivity (Wildman–Crippen MR) is 114 cm³/mol. The number of hydroxylamine groups is 2. The minimum Gasteiger partial charge on any atom is -0.492 e. The van der Waals surface area contributed by atoms with Gasteiger partial charge in [0.1, 0.15) is 12.4 Å². The van der Waals surface area contributed by atoms with Gasteiger partial charge < -0.3 is 21.1 Å². The number of urea groups is 1. The van der Waals surface area contributed by atoms with Gasteiger partial charge in [-0.2, -0.15) is 0 Å². The summed E-state index contributed by atoms with van der Waals surface area (Å²) in [5, 5.41) is 9.64. The molecule has 1 fully saturated rings. The summed E-state index contributed by atoms with van der Waals surface area (Å²) in [5.41, 5.74) is 11.6. The quantitative estimate of drug-likeness (QED) is 0.243. The van der Waals surface area contributed by atoms with Crippen LogP contribution >= 0.6 is 0 Å². The van der Waals surface area contributed by atoms with Crippen LogP contribution in [0.15, 0.2) is 24.3 Å². The molecule has 0 bridgehead atoms. The van der Waals surface area contributed by atoms with Crippen molar-refractivity contribution in [3.63, 3.8) is 0 Å². The van der Waals surface area contributed by atoms with Crippen LogP contribution in [0.2, 0.25) is 0 Å². The first-order valence-electron chi connectivity index (χ1n) is 9.75. The van der Waals surface area contributed by atoms with E-state index in [2.05, 4.69) is 28.7 Å². The lowest BCUT2D eigenvalue weighted by Crippen LogP contribution is -2.45. The summed E-state index contributed by atoms with van der Waals surface area (Å²) in [6.07, 6.45) is 3.13. The molecule has 5 N–H and O–H groups in total. The molecule has 0 aliphatic carbocycles. The van der Waals surface area contributed by atoms with Crippen molar-refractivity contribution in [2.24, 2.45) is 11.5 Å². The Balaban J connectivity index is 1.99. The van der Waals surface area contributed by atoms with Crippen LogP contribution in [0.25, 0.3) is 6.08 Å². The van der Waals surface area contributed by atoms with E-state index in [1.54, 1.807) is 18.2 Å². The van der Waals surface area contributed by atoms with Gasteiger partial charge in [-0.1, -0.05) is 11.8 Å². The zero-order valence-electron chi connectivity index (χ0n) is 17.2. The highest BCUT2D eigenvalue weighted by Crippen LogP contribution is 2.22. The number of amides is 3. The van der Waals surface area contributed by atoms with Crippen molar-refractivity contribution in [3.05, 3.63) is 35.4 Å². The first kappa shape index (κ1) is 23.2. The normalized spacial score (nSPS) is 14.9. The van der Waals surface area contributed by atoms with Crippen LogP contribution in [-0.2, 0) is 4.79 Å². The van der Waals surface area contributed by atoms with Crippen LogP contribution in [0.4, 0.5) is 4.79 Å². The van der Waals surface area contributed by atoms with Gasteiger partial charge in [-0.25, -0.2) is 9.86 Å². The Labute approximate surface area is 176 Å². The van der Waals surface area contributed by atoms with Gasteiger partial charge in [0.2, 0.25) is 5.91 Å². The highest BCUT2D eigenvalue weighted by Gasteiger charge is 2.13. The highest BCUT2D eigenvalue weighted by molar-refractivity contribution is 5.90. The van der Waals surface area contributed by atoms with E-state index in [1.807, 2.05) is 6.07 Å². The molecule has 3 amide bonds. The molecule has 1 aliphatic rings. The largest absolute Gasteiger partial charge is 0.492 e. The van der Waals surface area contributed by atoms with E-state index in [1.165, 1.54) is 6.08 Å². The highest BCUT2D eigenvalue weighted by atomic mass is 16.5. The second kappa shape index (κ2) is 11.8. The van der Waals surface area contributed by atoms with E-state index in [0.717, 1.165) is 32.7 Å². The lowest BCUT2D eigenvalue weighted by atomic mass is 10.1. The lowest BCUT2D eigenvalue weighted by Gasteiger charge is -2.32. The van der Waals surface area contributed by atoms with E-state index in [0.29, 0.717) is 28.5 Å². The molecule has 1 heterocycles. The Morgan fingerprint density at radius 2 is 2.00 bits per heavy atom. The van der Waals surface area contributed by atoms with E-state index in [-0.39, 0.29) is 13.0 Å². The minimum atomic E-state index is -0.922. The van der Waals surface area contributed by atoms with Crippen molar-refractivity contribution in [1.82, 2.24) is 14.9 Å². The van der Waals surface area contributed by atoms with Crippen molar-refractivity contribution < 1.29 is 19.5 Å². The van der Waals surface area contributed by atoms with Gasteiger partial charge in [0.05, 0.1) is 6.54 Å². The number of rotatable bonds is 8. The summed E-state index contributed by atoms with van der Waals surface area (Å²) in [6.45, 7) is 5.51. The molecule has 0 spiro atoms. The number of ether oxygens (including phenoxy) is 1. The second-order valence-electron chi connectivity index (χ2n) is 6.99. The number of hydrogen-bond donors (Lipinski definition) is 3. The second-order valence-corrected chi connectivity index (χ2v) is 6.99. The van der Waals surface area contributed by atoms with Gasteiger partial charge in [-0.05, 0) is 31.3 Å².